The average Bonchev–Trinajstić information content (AvgIpc) is 2.62. The van der Waals surface area contributed by atoms with E-state index in [0.29, 0.717) is 6.54 Å². The fraction of sp³-hybridized carbons (Fsp3) is 0.611. The van der Waals surface area contributed by atoms with Crippen LogP contribution in [0.3, 0.4) is 0 Å². The van der Waals surface area contributed by atoms with E-state index in [9.17, 15) is 4.79 Å². The number of amides is 1. The highest BCUT2D eigenvalue weighted by Gasteiger charge is 2.24. The topological polar surface area (TPSA) is 53.6 Å². The molecule has 0 radical (unpaired) electrons. The third-order valence-corrected chi connectivity index (χ3v) is 4.60. The predicted molar refractivity (Wildman–Crippen MR) is 90.1 cm³/mol. The summed E-state index contributed by atoms with van der Waals surface area (Å²) in [5.41, 5.74) is 1.32. The molecule has 2 heterocycles. The number of benzene rings is 1. The van der Waals surface area contributed by atoms with Crippen molar-refractivity contribution in [1.29, 1.82) is 0 Å². The molecule has 0 saturated carbocycles. The number of hydrogen-bond acceptors (Lipinski definition) is 4. The van der Waals surface area contributed by atoms with E-state index in [-0.39, 0.29) is 18.1 Å². The van der Waals surface area contributed by atoms with E-state index in [1.165, 1.54) is 12.0 Å². The fourth-order valence-electron chi connectivity index (χ4n) is 3.30. The average molecular weight is 317 g/mol. The van der Waals surface area contributed by atoms with Gasteiger partial charge in [0.05, 0.1) is 18.8 Å². The first-order chi connectivity index (χ1) is 11.3. The van der Waals surface area contributed by atoms with Crippen LogP contribution in [0.5, 0.6) is 0 Å². The monoisotopic (exact) mass is 317 g/mol. The summed E-state index contributed by atoms with van der Waals surface area (Å²) < 4.78 is 5.81. The Labute approximate surface area is 138 Å². The minimum absolute atomic E-state index is 0.0206. The molecule has 0 spiro atoms. The molecule has 0 aromatic heterocycles. The van der Waals surface area contributed by atoms with Crippen LogP contribution in [-0.2, 0) is 16.1 Å². The lowest BCUT2D eigenvalue weighted by Crippen LogP contribution is -2.51. The Morgan fingerprint density at radius 2 is 2.17 bits per heavy atom. The zero-order chi connectivity index (χ0) is 15.9. The van der Waals surface area contributed by atoms with Crippen LogP contribution in [0.1, 0.15) is 24.8 Å². The molecule has 0 bridgehead atoms. The minimum Gasteiger partial charge on any atom is -0.374 e. The molecule has 5 nitrogen and oxygen atoms in total. The second kappa shape index (κ2) is 8.43. The van der Waals surface area contributed by atoms with Gasteiger partial charge in [0.15, 0.2) is 0 Å². The van der Waals surface area contributed by atoms with Gasteiger partial charge in [-0.3, -0.25) is 9.69 Å². The van der Waals surface area contributed by atoms with Crippen LogP contribution in [-0.4, -0.2) is 55.7 Å². The van der Waals surface area contributed by atoms with Crippen molar-refractivity contribution >= 4 is 5.91 Å². The van der Waals surface area contributed by atoms with Crippen molar-refractivity contribution in [3.05, 3.63) is 35.9 Å². The molecular formula is C18H27N3O2. The molecule has 1 aromatic carbocycles. The Morgan fingerprint density at radius 3 is 2.96 bits per heavy atom. The molecule has 2 saturated heterocycles. The van der Waals surface area contributed by atoms with Crippen LogP contribution in [0, 0.1) is 0 Å². The van der Waals surface area contributed by atoms with Gasteiger partial charge in [-0.1, -0.05) is 36.8 Å². The maximum absolute atomic E-state index is 12.2. The number of carbonyl (C=O) groups is 1. The highest BCUT2D eigenvalue weighted by atomic mass is 16.5. The van der Waals surface area contributed by atoms with Crippen LogP contribution in [0.15, 0.2) is 30.3 Å². The number of nitrogens with zero attached hydrogens (tertiary/aromatic N) is 1. The van der Waals surface area contributed by atoms with Crippen LogP contribution < -0.4 is 10.6 Å². The first kappa shape index (κ1) is 16.4. The number of rotatable bonds is 5. The maximum Gasteiger partial charge on any atom is 0.237 e. The lowest BCUT2D eigenvalue weighted by atomic mass is 10.0. The molecule has 2 aliphatic rings. The molecule has 5 heteroatoms. The molecule has 1 amide bonds. The lowest BCUT2D eigenvalue weighted by molar-refractivity contribution is -0.124. The SMILES string of the molecule is O=C(NCC1CN(Cc2ccccc2)CCO1)C1CCCCN1. The molecule has 0 aliphatic carbocycles. The van der Waals surface area contributed by atoms with Gasteiger partial charge in [-0.25, -0.2) is 0 Å². The summed E-state index contributed by atoms with van der Waals surface area (Å²) in [7, 11) is 0. The quantitative estimate of drug-likeness (QED) is 0.855. The third-order valence-electron chi connectivity index (χ3n) is 4.60. The van der Waals surface area contributed by atoms with E-state index >= 15 is 0 Å². The molecule has 2 N–H and O–H groups in total. The molecule has 2 aliphatic heterocycles. The van der Waals surface area contributed by atoms with E-state index < -0.39 is 0 Å². The van der Waals surface area contributed by atoms with Gasteiger partial charge in [-0.05, 0) is 24.9 Å². The molecule has 2 atom stereocenters. The summed E-state index contributed by atoms with van der Waals surface area (Å²) in [6, 6.07) is 10.5. The van der Waals surface area contributed by atoms with Gasteiger partial charge in [0.1, 0.15) is 0 Å². The van der Waals surface area contributed by atoms with Crippen molar-refractivity contribution in [2.45, 2.75) is 38.0 Å². The summed E-state index contributed by atoms with van der Waals surface area (Å²) in [5, 5.41) is 6.34. The predicted octanol–water partition coefficient (Wildman–Crippen LogP) is 1.15. The van der Waals surface area contributed by atoms with Crippen LogP contribution in [0.2, 0.25) is 0 Å². The van der Waals surface area contributed by atoms with Gasteiger partial charge in [0.2, 0.25) is 5.91 Å². The highest BCUT2D eigenvalue weighted by molar-refractivity contribution is 5.81. The van der Waals surface area contributed by atoms with Crippen molar-refractivity contribution in [1.82, 2.24) is 15.5 Å². The second-order valence-corrected chi connectivity index (χ2v) is 6.46. The number of hydrogen-bond donors (Lipinski definition) is 2. The van der Waals surface area contributed by atoms with Crippen LogP contribution in [0.4, 0.5) is 0 Å². The van der Waals surface area contributed by atoms with E-state index in [0.717, 1.165) is 45.6 Å². The molecule has 2 unspecified atom stereocenters. The van der Waals surface area contributed by atoms with Gasteiger partial charge < -0.3 is 15.4 Å². The smallest absolute Gasteiger partial charge is 0.237 e. The van der Waals surface area contributed by atoms with Gasteiger partial charge in [0.25, 0.3) is 0 Å². The van der Waals surface area contributed by atoms with E-state index in [1.54, 1.807) is 0 Å². The summed E-state index contributed by atoms with van der Waals surface area (Å²) in [4.78, 5) is 14.6. The Balaban J connectivity index is 1.42. The van der Waals surface area contributed by atoms with Crippen LogP contribution >= 0.6 is 0 Å². The van der Waals surface area contributed by atoms with Gasteiger partial charge in [0, 0.05) is 26.2 Å². The first-order valence-electron chi connectivity index (χ1n) is 8.70. The number of nitrogens with one attached hydrogen (secondary N) is 2. The Morgan fingerprint density at radius 1 is 1.30 bits per heavy atom. The fourth-order valence-corrected chi connectivity index (χ4v) is 3.30. The van der Waals surface area contributed by atoms with Gasteiger partial charge in [-0.15, -0.1) is 0 Å². The largest absolute Gasteiger partial charge is 0.374 e. The summed E-state index contributed by atoms with van der Waals surface area (Å²) in [6.07, 6.45) is 3.33. The Bertz CT molecular complexity index is 488. The first-order valence-corrected chi connectivity index (χ1v) is 8.70. The summed E-state index contributed by atoms with van der Waals surface area (Å²) in [5.74, 6) is 0.119. The van der Waals surface area contributed by atoms with Crippen molar-refractivity contribution in [3.63, 3.8) is 0 Å². The molecule has 3 rings (SSSR count). The molecular weight excluding hydrogens is 290 g/mol. The minimum atomic E-state index is -0.0206. The lowest BCUT2D eigenvalue weighted by Gasteiger charge is -2.33. The van der Waals surface area contributed by atoms with E-state index in [1.807, 2.05) is 6.07 Å². The zero-order valence-corrected chi connectivity index (χ0v) is 13.7. The van der Waals surface area contributed by atoms with Gasteiger partial charge >= 0.3 is 0 Å². The summed E-state index contributed by atoms with van der Waals surface area (Å²) >= 11 is 0. The number of ether oxygens (including phenoxy) is 1. The molecule has 126 valence electrons. The Kier molecular flexibility index (Phi) is 6.02. The number of morpholine rings is 1. The van der Waals surface area contributed by atoms with Crippen molar-refractivity contribution in [2.24, 2.45) is 0 Å². The van der Waals surface area contributed by atoms with Gasteiger partial charge in [-0.2, -0.15) is 0 Å². The van der Waals surface area contributed by atoms with Crippen molar-refractivity contribution < 1.29 is 9.53 Å². The van der Waals surface area contributed by atoms with Crippen LogP contribution in [0.25, 0.3) is 0 Å². The molecule has 1 aromatic rings. The summed E-state index contributed by atoms with van der Waals surface area (Å²) in [6.45, 7) is 5.04. The molecule has 23 heavy (non-hydrogen) atoms. The second-order valence-electron chi connectivity index (χ2n) is 6.46. The number of piperidine rings is 1. The zero-order valence-electron chi connectivity index (χ0n) is 13.7. The van der Waals surface area contributed by atoms with Crippen molar-refractivity contribution in [2.75, 3.05) is 32.8 Å². The van der Waals surface area contributed by atoms with E-state index in [2.05, 4.69) is 39.8 Å². The molecule has 2 fully saturated rings. The standard InChI is InChI=1S/C18H27N3O2/c22-18(17-8-4-5-9-19-17)20-12-16-14-21(10-11-23-16)13-15-6-2-1-3-7-15/h1-3,6-7,16-17,19H,4-5,8-14H2,(H,20,22). The third kappa shape index (κ3) is 5.03. The highest BCUT2D eigenvalue weighted by Crippen LogP contribution is 2.11. The Hall–Kier alpha value is -1.43. The normalized spacial score (nSPS) is 25.9. The van der Waals surface area contributed by atoms with E-state index in [4.69, 9.17) is 4.74 Å². The maximum atomic E-state index is 12.2. The van der Waals surface area contributed by atoms with Crippen molar-refractivity contribution in [3.8, 4) is 0 Å². The number of carbonyl (C=O) groups excluding carboxylic acids is 1.